The molecule has 1 aliphatic heterocycles. The Morgan fingerprint density at radius 3 is 2.11 bits per heavy atom. The number of morpholine rings is 1. The van der Waals surface area contributed by atoms with Crippen molar-refractivity contribution in [1.29, 1.82) is 0 Å². The van der Waals surface area contributed by atoms with Crippen molar-refractivity contribution in [3.8, 4) is 9.75 Å². The molecule has 1 aliphatic rings. The molecule has 0 radical (unpaired) electrons. The molecule has 1 fully saturated rings. The molecule has 0 saturated carbocycles. The van der Waals surface area contributed by atoms with Crippen LogP contribution in [0.25, 0.3) is 9.75 Å². The lowest BCUT2D eigenvalue weighted by Gasteiger charge is -2.34. The van der Waals surface area contributed by atoms with Crippen LogP contribution in [0.4, 0.5) is 0 Å². The molecule has 6 nitrogen and oxygen atoms in total. The van der Waals surface area contributed by atoms with Gasteiger partial charge < -0.3 is 4.74 Å². The van der Waals surface area contributed by atoms with Gasteiger partial charge in [0.05, 0.1) is 13.2 Å². The van der Waals surface area contributed by atoms with Crippen LogP contribution in [-0.2, 0) is 4.74 Å². The lowest BCUT2D eigenvalue weighted by molar-refractivity contribution is 0.0222. The third-order valence-electron chi connectivity index (χ3n) is 6.31. The largest absolute Gasteiger partial charge is 0.379 e. The minimum Gasteiger partial charge on any atom is -0.379 e. The van der Waals surface area contributed by atoms with Crippen LogP contribution in [0.3, 0.4) is 0 Å². The van der Waals surface area contributed by atoms with E-state index in [1.807, 2.05) is 28.2 Å². The second-order valence-electron chi connectivity index (χ2n) is 8.44. The van der Waals surface area contributed by atoms with Gasteiger partial charge in [-0.05, 0) is 45.1 Å². The Balaban J connectivity index is 1.47. The van der Waals surface area contributed by atoms with Gasteiger partial charge in [0, 0.05) is 27.7 Å². The van der Waals surface area contributed by atoms with Gasteiger partial charge in [-0.3, -0.25) is 4.90 Å². The van der Waals surface area contributed by atoms with Gasteiger partial charge in [-0.1, -0.05) is 66.7 Å². The van der Waals surface area contributed by atoms with Crippen molar-refractivity contribution < 1.29 is 4.74 Å². The number of benzene rings is 2. The van der Waals surface area contributed by atoms with Crippen LogP contribution in [0.1, 0.15) is 33.9 Å². The number of thiophene rings is 2. The summed E-state index contributed by atoms with van der Waals surface area (Å²) >= 11 is 3.59. The van der Waals surface area contributed by atoms with Crippen LogP contribution in [-0.4, -0.2) is 51.4 Å². The molecule has 0 spiro atoms. The normalized spacial score (nSPS) is 15.5. The van der Waals surface area contributed by atoms with Crippen molar-refractivity contribution in [3.63, 3.8) is 0 Å². The van der Waals surface area contributed by atoms with E-state index in [9.17, 15) is 0 Å². The summed E-state index contributed by atoms with van der Waals surface area (Å²) in [6.45, 7) is 3.10. The van der Waals surface area contributed by atoms with Crippen molar-refractivity contribution in [3.05, 3.63) is 112 Å². The van der Waals surface area contributed by atoms with E-state index < -0.39 is 0 Å². The van der Waals surface area contributed by atoms with Crippen molar-refractivity contribution in [2.45, 2.75) is 12.1 Å². The van der Waals surface area contributed by atoms with Gasteiger partial charge in [0.1, 0.15) is 12.1 Å². The second-order valence-corrected chi connectivity index (χ2v) is 10.5. The number of rotatable bonds is 7. The van der Waals surface area contributed by atoms with Gasteiger partial charge >= 0.3 is 0 Å². The average Bonchev–Trinajstić information content (AvgIpc) is 3.70. The van der Waals surface area contributed by atoms with E-state index in [-0.39, 0.29) is 12.1 Å². The average molecular weight is 500 g/mol. The molecule has 2 aromatic carbocycles. The van der Waals surface area contributed by atoms with E-state index in [0.29, 0.717) is 13.2 Å². The van der Waals surface area contributed by atoms with Gasteiger partial charge in [-0.15, -0.1) is 27.8 Å². The molecule has 35 heavy (non-hydrogen) atoms. The third kappa shape index (κ3) is 4.58. The summed E-state index contributed by atoms with van der Waals surface area (Å²) in [5, 5.41) is 15.5. The van der Waals surface area contributed by atoms with Gasteiger partial charge in [-0.25, -0.2) is 4.68 Å². The highest BCUT2D eigenvalue weighted by atomic mass is 32.1. The minimum absolute atomic E-state index is 0.0532. The zero-order chi connectivity index (χ0) is 23.5. The molecule has 3 aromatic heterocycles. The fraction of sp³-hybridized carbons (Fsp3) is 0.222. The van der Waals surface area contributed by atoms with Crippen LogP contribution in [0.2, 0.25) is 0 Å². The Kier molecular flexibility index (Phi) is 6.51. The maximum absolute atomic E-state index is 5.69. The zero-order valence-corrected chi connectivity index (χ0v) is 20.7. The fourth-order valence-corrected chi connectivity index (χ4v) is 6.64. The highest BCUT2D eigenvalue weighted by Crippen LogP contribution is 2.39. The summed E-state index contributed by atoms with van der Waals surface area (Å²) in [6, 6.07) is 29.5. The van der Waals surface area contributed by atoms with Gasteiger partial charge in [-0.2, -0.15) is 0 Å². The summed E-state index contributed by atoms with van der Waals surface area (Å²) in [5.41, 5.74) is 2.30. The minimum atomic E-state index is -0.123. The summed E-state index contributed by atoms with van der Waals surface area (Å²) in [5.74, 6) is 0.851. The fourth-order valence-electron chi connectivity index (χ4n) is 4.67. The van der Waals surface area contributed by atoms with E-state index >= 15 is 0 Å². The van der Waals surface area contributed by atoms with Crippen molar-refractivity contribution >= 4 is 22.7 Å². The standard InChI is InChI=1S/C27H25N5OS2/c1-3-8-20(9-4-1)25(21-10-5-2-6-11-21)32-27(28-29-30-32)26(31-15-17-33-18-16-31)24-14-13-23(35-24)22-12-7-19-34-22/h1-14,19,25-26H,15-18H2. The molecular weight excluding hydrogens is 474 g/mol. The van der Waals surface area contributed by atoms with E-state index in [1.54, 1.807) is 11.3 Å². The number of nitrogens with zero attached hydrogens (tertiary/aromatic N) is 5. The Hall–Kier alpha value is -3.17. The zero-order valence-electron chi connectivity index (χ0n) is 19.1. The molecule has 1 unspecified atom stereocenters. The monoisotopic (exact) mass is 499 g/mol. The first-order valence-corrected chi connectivity index (χ1v) is 13.4. The quantitative estimate of drug-likeness (QED) is 0.295. The van der Waals surface area contributed by atoms with E-state index in [4.69, 9.17) is 4.74 Å². The molecule has 0 N–H and O–H groups in total. The molecule has 0 aliphatic carbocycles. The molecule has 5 aromatic rings. The van der Waals surface area contributed by atoms with Crippen LogP contribution >= 0.6 is 22.7 Å². The van der Waals surface area contributed by atoms with Crippen LogP contribution in [0, 0.1) is 0 Å². The molecule has 1 saturated heterocycles. The highest BCUT2D eigenvalue weighted by molar-refractivity contribution is 7.21. The number of ether oxygens (including phenoxy) is 1. The lowest BCUT2D eigenvalue weighted by Crippen LogP contribution is -2.40. The first-order chi connectivity index (χ1) is 17.4. The van der Waals surface area contributed by atoms with E-state index in [0.717, 1.165) is 30.0 Å². The Morgan fingerprint density at radius 2 is 1.46 bits per heavy atom. The molecule has 1 atom stereocenters. The SMILES string of the molecule is c1ccc(C(c2ccccc2)n2nnnc2C(c2ccc(-c3cccs3)s2)N2CCOCC2)cc1. The summed E-state index contributed by atoms with van der Waals surface area (Å²) in [4.78, 5) is 6.25. The Bertz CT molecular complexity index is 1310. The number of tetrazole rings is 1. The first-order valence-electron chi connectivity index (χ1n) is 11.7. The lowest BCUT2D eigenvalue weighted by atomic mass is 9.98. The van der Waals surface area contributed by atoms with Crippen LogP contribution in [0.5, 0.6) is 0 Å². The Labute approximate surface area is 212 Å². The van der Waals surface area contributed by atoms with Crippen molar-refractivity contribution in [2.24, 2.45) is 0 Å². The van der Waals surface area contributed by atoms with Gasteiger partial charge in [0.25, 0.3) is 0 Å². The number of hydrogen-bond donors (Lipinski definition) is 0. The summed E-state index contributed by atoms with van der Waals surface area (Å²) in [6.07, 6.45) is 0. The number of hydrogen-bond acceptors (Lipinski definition) is 7. The smallest absolute Gasteiger partial charge is 0.174 e. The van der Waals surface area contributed by atoms with Crippen LogP contribution in [0.15, 0.2) is 90.3 Å². The predicted octanol–water partition coefficient (Wildman–Crippen LogP) is 5.52. The van der Waals surface area contributed by atoms with Crippen molar-refractivity contribution in [2.75, 3.05) is 26.3 Å². The summed E-state index contributed by atoms with van der Waals surface area (Å²) in [7, 11) is 0. The van der Waals surface area contributed by atoms with E-state index in [1.165, 1.54) is 14.6 Å². The Morgan fingerprint density at radius 1 is 0.743 bits per heavy atom. The van der Waals surface area contributed by atoms with E-state index in [2.05, 4.69) is 98.6 Å². The van der Waals surface area contributed by atoms with Gasteiger partial charge in [0.2, 0.25) is 0 Å². The molecule has 0 amide bonds. The highest BCUT2D eigenvalue weighted by Gasteiger charge is 2.33. The molecule has 0 bridgehead atoms. The molecule has 176 valence electrons. The molecular formula is C27H25N5OS2. The third-order valence-corrected chi connectivity index (χ3v) is 8.51. The first kappa shape index (κ1) is 22.3. The second kappa shape index (κ2) is 10.2. The maximum atomic E-state index is 5.69. The topological polar surface area (TPSA) is 56.1 Å². The maximum Gasteiger partial charge on any atom is 0.174 e. The summed E-state index contributed by atoms with van der Waals surface area (Å²) < 4.78 is 7.70. The van der Waals surface area contributed by atoms with Crippen LogP contribution < -0.4 is 0 Å². The predicted molar refractivity (Wildman–Crippen MR) is 140 cm³/mol. The molecule has 8 heteroatoms. The van der Waals surface area contributed by atoms with Gasteiger partial charge in [0.15, 0.2) is 5.82 Å². The molecule has 6 rings (SSSR count). The molecule has 4 heterocycles. The van der Waals surface area contributed by atoms with Crippen molar-refractivity contribution in [1.82, 2.24) is 25.1 Å². The number of aromatic nitrogens is 4.